The van der Waals surface area contributed by atoms with E-state index in [1.54, 1.807) is 6.20 Å². The van der Waals surface area contributed by atoms with Gasteiger partial charge in [-0.1, -0.05) is 24.3 Å². The van der Waals surface area contributed by atoms with E-state index in [-0.39, 0.29) is 11.6 Å². The van der Waals surface area contributed by atoms with Crippen LogP contribution < -0.4 is 16.7 Å². The number of nitrogens with one attached hydrogen (secondary N) is 1. The first-order chi connectivity index (χ1) is 12.6. The van der Waals surface area contributed by atoms with E-state index in [0.29, 0.717) is 17.2 Å². The minimum Gasteiger partial charge on any atom is -0.381 e. The molecule has 0 unspecified atom stereocenters. The Morgan fingerprint density at radius 3 is 2.77 bits per heavy atom. The predicted octanol–water partition coefficient (Wildman–Crippen LogP) is 2.07. The van der Waals surface area contributed by atoms with Crippen molar-refractivity contribution in [2.45, 2.75) is 25.8 Å². The zero-order valence-corrected chi connectivity index (χ0v) is 14.6. The number of pyridine rings is 1. The Morgan fingerprint density at radius 1 is 1.23 bits per heavy atom. The van der Waals surface area contributed by atoms with Crippen molar-refractivity contribution in [3.8, 4) is 11.1 Å². The smallest absolute Gasteiger partial charge is 0.278 e. The predicted molar refractivity (Wildman–Crippen MR) is 102 cm³/mol. The molecule has 3 N–H and O–H groups in total. The summed E-state index contributed by atoms with van der Waals surface area (Å²) in [6.45, 7) is 3.43. The largest absolute Gasteiger partial charge is 0.381 e. The summed E-state index contributed by atoms with van der Waals surface area (Å²) in [5, 5.41) is 4.03. The van der Waals surface area contributed by atoms with Gasteiger partial charge in [-0.25, -0.2) is 9.66 Å². The molecule has 3 aromatic rings. The lowest BCUT2D eigenvalue weighted by molar-refractivity contribution is 0.0903. The molecule has 1 aromatic carbocycles. The molecule has 26 heavy (non-hydrogen) atoms. The lowest BCUT2D eigenvalue weighted by atomic mass is 10.0. The van der Waals surface area contributed by atoms with Crippen molar-refractivity contribution in [2.75, 3.05) is 24.4 Å². The van der Waals surface area contributed by atoms with E-state index in [9.17, 15) is 4.79 Å². The molecule has 0 amide bonds. The molecule has 0 aliphatic carbocycles. The summed E-state index contributed by atoms with van der Waals surface area (Å²) < 4.78 is 6.47. The Labute approximate surface area is 150 Å². The van der Waals surface area contributed by atoms with Crippen LogP contribution in [-0.4, -0.2) is 33.9 Å². The summed E-state index contributed by atoms with van der Waals surface area (Å²) >= 11 is 0. The van der Waals surface area contributed by atoms with E-state index >= 15 is 0 Å². The average Bonchev–Trinajstić information content (AvgIpc) is 2.66. The van der Waals surface area contributed by atoms with Gasteiger partial charge < -0.3 is 15.9 Å². The first kappa shape index (κ1) is 16.5. The van der Waals surface area contributed by atoms with Crippen LogP contribution in [0, 0.1) is 6.92 Å². The number of aromatic nitrogens is 3. The van der Waals surface area contributed by atoms with Gasteiger partial charge in [0.25, 0.3) is 5.56 Å². The van der Waals surface area contributed by atoms with Crippen LogP contribution in [0.25, 0.3) is 22.2 Å². The molecule has 7 nitrogen and oxygen atoms in total. The van der Waals surface area contributed by atoms with Gasteiger partial charge in [0.15, 0.2) is 5.65 Å². The quantitative estimate of drug-likeness (QED) is 0.702. The Balaban J connectivity index is 1.76. The molecule has 4 rings (SSSR count). The summed E-state index contributed by atoms with van der Waals surface area (Å²) in [6, 6.07) is 9.81. The first-order valence-corrected chi connectivity index (χ1v) is 8.71. The maximum absolute atomic E-state index is 12.8. The fourth-order valence-electron chi connectivity index (χ4n) is 3.28. The highest BCUT2D eigenvalue weighted by Gasteiger charge is 2.16. The number of rotatable bonds is 3. The van der Waals surface area contributed by atoms with Crippen molar-refractivity contribution >= 4 is 17.0 Å². The van der Waals surface area contributed by atoms with Crippen LogP contribution in [0.2, 0.25) is 0 Å². The van der Waals surface area contributed by atoms with E-state index < -0.39 is 0 Å². The van der Waals surface area contributed by atoms with E-state index in [2.05, 4.69) is 15.3 Å². The molecule has 1 aliphatic heterocycles. The van der Waals surface area contributed by atoms with Gasteiger partial charge in [-0.2, -0.15) is 4.98 Å². The molecule has 0 radical (unpaired) electrons. The van der Waals surface area contributed by atoms with Gasteiger partial charge in [-0.15, -0.1) is 0 Å². The normalized spacial score (nSPS) is 15.3. The molecule has 1 saturated heterocycles. The molecular formula is C19H21N5O2. The molecule has 1 aliphatic rings. The van der Waals surface area contributed by atoms with Crippen molar-refractivity contribution in [3.05, 3.63) is 52.4 Å². The first-order valence-electron chi connectivity index (χ1n) is 8.71. The molecular weight excluding hydrogens is 330 g/mol. The van der Waals surface area contributed by atoms with Gasteiger partial charge in [-0.05, 0) is 37.0 Å². The highest BCUT2D eigenvalue weighted by molar-refractivity contribution is 5.82. The van der Waals surface area contributed by atoms with E-state index in [1.165, 1.54) is 0 Å². The molecule has 7 heteroatoms. The molecule has 0 bridgehead atoms. The zero-order chi connectivity index (χ0) is 18.1. The number of benzene rings is 1. The summed E-state index contributed by atoms with van der Waals surface area (Å²) in [7, 11) is 0. The maximum Gasteiger partial charge on any atom is 0.278 e. The van der Waals surface area contributed by atoms with Crippen molar-refractivity contribution in [2.24, 2.45) is 0 Å². The van der Waals surface area contributed by atoms with Gasteiger partial charge in [-0.3, -0.25) is 4.79 Å². The maximum atomic E-state index is 12.8. The van der Waals surface area contributed by atoms with Crippen LogP contribution in [0.3, 0.4) is 0 Å². The van der Waals surface area contributed by atoms with Crippen LogP contribution in [0.5, 0.6) is 0 Å². The second-order valence-corrected chi connectivity index (χ2v) is 6.55. The summed E-state index contributed by atoms with van der Waals surface area (Å²) in [5.74, 6) is 6.55. The number of nitrogens with two attached hydrogens (primary N) is 1. The molecule has 3 heterocycles. The topological polar surface area (TPSA) is 95.1 Å². The average molecular weight is 351 g/mol. The second kappa shape index (κ2) is 6.76. The molecule has 2 aromatic heterocycles. The minimum atomic E-state index is -0.275. The van der Waals surface area contributed by atoms with Crippen LogP contribution in [-0.2, 0) is 4.74 Å². The lowest BCUT2D eigenvalue weighted by Crippen LogP contribution is -2.31. The van der Waals surface area contributed by atoms with Gasteiger partial charge in [0, 0.05) is 30.8 Å². The lowest BCUT2D eigenvalue weighted by Gasteiger charge is -2.23. The summed E-state index contributed by atoms with van der Waals surface area (Å²) in [5.41, 5.74) is 2.57. The third kappa shape index (κ3) is 3.01. The number of ether oxygens (including phenoxy) is 1. The number of anilines is 1. The second-order valence-electron chi connectivity index (χ2n) is 6.55. The zero-order valence-electron chi connectivity index (χ0n) is 14.6. The van der Waals surface area contributed by atoms with Crippen LogP contribution >= 0.6 is 0 Å². The molecule has 0 spiro atoms. The van der Waals surface area contributed by atoms with Crippen molar-refractivity contribution in [1.29, 1.82) is 0 Å². The van der Waals surface area contributed by atoms with E-state index in [0.717, 1.165) is 47.2 Å². The van der Waals surface area contributed by atoms with Crippen molar-refractivity contribution < 1.29 is 4.74 Å². The SMILES string of the molecule is Cc1ccccc1-c1cc2cnc(NC3CCOCC3)nc2n(N)c1=O. The third-order valence-corrected chi connectivity index (χ3v) is 4.76. The highest BCUT2D eigenvalue weighted by Crippen LogP contribution is 2.23. The molecule has 0 atom stereocenters. The van der Waals surface area contributed by atoms with Crippen molar-refractivity contribution in [3.63, 3.8) is 0 Å². The Hall–Kier alpha value is -2.93. The van der Waals surface area contributed by atoms with Gasteiger partial charge in [0.05, 0.1) is 5.56 Å². The van der Waals surface area contributed by atoms with Gasteiger partial charge in [0.1, 0.15) is 0 Å². The fourth-order valence-corrected chi connectivity index (χ4v) is 3.28. The number of aryl methyl sites for hydroxylation is 1. The molecule has 1 fully saturated rings. The number of nitrogens with zero attached hydrogens (tertiary/aromatic N) is 3. The Kier molecular flexibility index (Phi) is 4.30. The van der Waals surface area contributed by atoms with Crippen LogP contribution in [0.4, 0.5) is 5.95 Å². The van der Waals surface area contributed by atoms with Gasteiger partial charge in [0.2, 0.25) is 5.95 Å². The number of nitrogen functional groups attached to an aromatic ring is 1. The monoisotopic (exact) mass is 351 g/mol. The van der Waals surface area contributed by atoms with E-state index in [4.69, 9.17) is 10.6 Å². The standard InChI is InChI=1S/C19H21N5O2/c1-12-4-2-3-5-15(12)16-10-13-11-21-19(22-14-6-8-26-9-7-14)23-17(13)24(20)18(16)25/h2-5,10-11,14H,6-9,20H2,1H3,(H,21,22,23). The van der Waals surface area contributed by atoms with Crippen molar-refractivity contribution in [1.82, 2.24) is 14.6 Å². The Bertz CT molecular complexity index is 1010. The molecule has 0 saturated carbocycles. The summed E-state index contributed by atoms with van der Waals surface area (Å²) in [6.07, 6.45) is 3.51. The minimum absolute atomic E-state index is 0.269. The highest BCUT2D eigenvalue weighted by atomic mass is 16.5. The van der Waals surface area contributed by atoms with E-state index in [1.807, 2.05) is 37.3 Å². The van der Waals surface area contributed by atoms with Crippen LogP contribution in [0.1, 0.15) is 18.4 Å². The Morgan fingerprint density at radius 2 is 2.00 bits per heavy atom. The van der Waals surface area contributed by atoms with Gasteiger partial charge >= 0.3 is 0 Å². The number of fused-ring (bicyclic) bond motifs is 1. The number of hydrogen-bond donors (Lipinski definition) is 2. The number of hydrogen-bond acceptors (Lipinski definition) is 6. The summed E-state index contributed by atoms with van der Waals surface area (Å²) in [4.78, 5) is 21.6. The third-order valence-electron chi connectivity index (χ3n) is 4.76. The molecule has 134 valence electrons. The fraction of sp³-hybridized carbons (Fsp3) is 0.316. The van der Waals surface area contributed by atoms with Crippen LogP contribution in [0.15, 0.2) is 41.3 Å².